The molecule has 0 amide bonds. The molecule has 2 aromatic rings. The van der Waals surface area contributed by atoms with E-state index in [1.165, 1.54) is 6.07 Å². The number of ether oxygens (including phenoxy) is 1. The van der Waals surface area contributed by atoms with Gasteiger partial charge in [0, 0.05) is 17.8 Å². The van der Waals surface area contributed by atoms with Gasteiger partial charge in [-0.3, -0.25) is 0 Å². The van der Waals surface area contributed by atoms with E-state index in [1.54, 1.807) is 26.2 Å². The Bertz CT molecular complexity index is 636. The summed E-state index contributed by atoms with van der Waals surface area (Å²) in [5.41, 5.74) is 1.60. The first kappa shape index (κ1) is 14.3. The van der Waals surface area contributed by atoms with Crippen LogP contribution in [0.1, 0.15) is 21.9 Å². The van der Waals surface area contributed by atoms with Gasteiger partial charge in [-0.1, -0.05) is 11.6 Å². The lowest BCUT2D eigenvalue weighted by molar-refractivity contribution is 0.0661. The number of aryl methyl sites for hydroxylation is 1. The van der Waals surface area contributed by atoms with Crippen LogP contribution < -0.4 is 10.1 Å². The van der Waals surface area contributed by atoms with E-state index < -0.39 is 5.97 Å². The number of carboxylic acid groups (broad SMARTS) is 1. The standard InChI is InChI=1S/C14H14ClNO4/c1-8-9(5-13(20-8)14(17)18)7-16-10-3-4-12(19-2)11(15)6-10/h3-6,16H,7H2,1-2H3,(H,17,18). The van der Waals surface area contributed by atoms with Crippen LogP contribution >= 0.6 is 11.6 Å². The number of anilines is 1. The zero-order valence-electron chi connectivity index (χ0n) is 11.1. The number of aromatic carboxylic acids is 1. The van der Waals surface area contributed by atoms with E-state index in [-0.39, 0.29) is 5.76 Å². The fraction of sp³-hybridized carbons (Fsp3) is 0.214. The van der Waals surface area contributed by atoms with Crippen molar-refractivity contribution in [2.24, 2.45) is 0 Å². The van der Waals surface area contributed by atoms with E-state index >= 15 is 0 Å². The van der Waals surface area contributed by atoms with Gasteiger partial charge in [-0.25, -0.2) is 4.79 Å². The molecular formula is C14H14ClNO4. The van der Waals surface area contributed by atoms with Gasteiger partial charge in [-0.05, 0) is 31.2 Å². The first-order valence-corrected chi connectivity index (χ1v) is 6.29. The van der Waals surface area contributed by atoms with Crippen molar-refractivity contribution < 1.29 is 19.1 Å². The fourth-order valence-corrected chi connectivity index (χ4v) is 2.03. The molecule has 0 aliphatic heterocycles. The molecule has 6 heteroatoms. The van der Waals surface area contributed by atoms with Gasteiger partial charge in [-0.15, -0.1) is 0 Å². The van der Waals surface area contributed by atoms with Crippen molar-refractivity contribution in [1.29, 1.82) is 0 Å². The van der Waals surface area contributed by atoms with E-state index in [1.807, 2.05) is 6.07 Å². The van der Waals surface area contributed by atoms with Crippen LogP contribution in [0.5, 0.6) is 5.75 Å². The minimum atomic E-state index is -1.08. The Balaban J connectivity index is 2.08. The van der Waals surface area contributed by atoms with Gasteiger partial charge < -0.3 is 19.6 Å². The molecule has 0 unspecified atom stereocenters. The number of halogens is 1. The van der Waals surface area contributed by atoms with Gasteiger partial charge in [-0.2, -0.15) is 0 Å². The number of carbonyl (C=O) groups is 1. The number of hydrogen-bond donors (Lipinski definition) is 2. The van der Waals surface area contributed by atoms with Crippen LogP contribution in [0, 0.1) is 6.92 Å². The number of nitrogens with one attached hydrogen (secondary N) is 1. The van der Waals surface area contributed by atoms with E-state index in [0.717, 1.165) is 11.3 Å². The van der Waals surface area contributed by atoms with Crippen LogP contribution in [0.3, 0.4) is 0 Å². The van der Waals surface area contributed by atoms with Crippen LogP contribution in [0.25, 0.3) is 0 Å². The molecule has 1 aromatic carbocycles. The predicted molar refractivity (Wildman–Crippen MR) is 75.7 cm³/mol. The van der Waals surface area contributed by atoms with Gasteiger partial charge in [0.25, 0.3) is 0 Å². The Labute approximate surface area is 121 Å². The molecule has 20 heavy (non-hydrogen) atoms. The number of benzene rings is 1. The van der Waals surface area contributed by atoms with Crippen molar-refractivity contribution in [1.82, 2.24) is 0 Å². The van der Waals surface area contributed by atoms with Crippen LogP contribution in [-0.2, 0) is 6.54 Å². The lowest BCUT2D eigenvalue weighted by Crippen LogP contribution is -2.00. The highest BCUT2D eigenvalue weighted by molar-refractivity contribution is 6.32. The van der Waals surface area contributed by atoms with Crippen LogP contribution in [-0.4, -0.2) is 18.2 Å². The summed E-state index contributed by atoms with van der Waals surface area (Å²) >= 11 is 6.03. The molecule has 1 heterocycles. The molecule has 1 aromatic heterocycles. The number of rotatable bonds is 5. The summed E-state index contributed by atoms with van der Waals surface area (Å²) in [6, 6.07) is 6.84. The lowest BCUT2D eigenvalue weighted by atomic mass is 10.2. The van der Waals surface area contributed by atoms with Crippen molar-refractivity contribution >= 4 is 23.3 Å². The third-order valence-electron chi connectivity index (χ3n) is 2.87. The molecule has 0 fully saturated rings. The van der Waals surface area contributed by atoms with E-state index in [9.17, 15) is 4.79 Å². The highest BCUT2D eigenvalue weighted by Crippen LogP contribution is 2.27. The highest BCUT2D eigenvalue weighted by Gasteiger charge is 2.12. The third kappa shape index (κ3) is 3.05. The molecule has 0 aliphatic rings. The Morgan fingerprint density at radius 1 is 1.45 bits per heavy atom. The van der Waals surface area contributed by atoms with Crippen molar-refractivity contribution in [3.8, 4) is 5.75 Å². The maximum Gasteiger partial charge on any atom is 0.371 e. The van der Waals surface area contributed by atoms with Crippen molar-refractivity contribution in [3.63, 3.8) is 0 Å². The Hall–Kier alpha value is -2.14. The van der Waals surface area contributed by atoms with Gasteiger partial charge in [0.05, 0.1) is 12.1 Å². The summed E-state index contributed by atoms with van der Waals surface area (Å²) in [6.45, 7) is 2.18. The van der Waals surface area contributed by atoms with E-state index in [0.29, 0.717) is 23.1 Å². The molecule has 0 saturated carbocycles. The minimum Gasteiger partial charge on any atom is -0.495 e. The normalized spacial score (nSPS) is 10.3. The zero-order valence-corrected chi connectivity index (χ0v) is 11.8. The summed E-state index contributed by atoms with van der Waals surface area (Å²) in [7, 11) is 1.55. The first-order valence-electron chi connectivity index (χ1n) is 5.91. The molecule has 0 saturated heterocycles. The fourth-order valence-electron chi connectivity index (χ4n) is 1.77. The minimum absolute atomic E-state index is 0.0629. The number of methoxy groups -OCH3 is 1. The number of furan rings is 1. The van der Waals surface area contributed by atoms with Crippen LogP contribution in [0.15, 0.2) is 28.7 Å². The molecule has 0 radical (unpaired) electrons. The maximum absolute atomic E-state index is 10.8. The Morgan fingerprint density at radius 3 is 2.75 bits per heavy atom. The first-order chi connectivity index (χ1) is 9.51. The molecular weight excluding hydrogens is 282 g/mol. The summed E-state index contributed by atoms with van der Waals surface area (Å²) in [5, 5.41) is 12.5. The molecule has 0 spiro atoms. The van der Waals surface area contributed by atoms with Crippen molar-refractivity contribution in [2.45, 2.75) is 13.5 Å². The van der Waals surface area contributed by atoms with Gasteiger partial charge in [0.1, 0.15) is 11.5 Å². The lowest BCUT2D eigenvalue weighted by Gasteiger charge is -2.08. The molecule has 0 atom stereocenters. The summed E-state index contributed by atoms with van der Waals surface area (Å²) in [6.07, 6.45) is 0. The summed E-state index contributed by atoms with van der Waals surface area (Å²) < 4.78 is 10.2. The van der Waals surface area contributed by atoms with Gasteiger partial charge in [0.2, 0.25) is 5.76 Å². The smallest absolute Gasteiger partial charge is 0.371 e. The summed E-state index contributed by atoms with van der Waals surface area (Å²) in [5.74, 6) is 0.0401. The Morgan fingerprint density at radius 2 is 2.20 bits per heavy atom. The predicted octanol–water partition coefficient (Wildman–Crippen LogP) is 3.56. The second-order valence-corrected chi connectivity index (χ2v) is 4.61. The van der Waals surface area contributed by atoms with Gasteiger partial charge in [0.15, 0.2) is 0 Å². The van der Waals surface area contributed by atoms with Gasteiger partial charge >= 0.3 is 5.97 Å². The van der Waals surface area contributed by atoms with Crippen LogP contribution in [0.2, 0.25) is 5.02 Å². The van der Waals surface area contributed by atoms with Crippen molar-refractivity contribution in [2.75, 3.05) is 12.4 Å². The molecule has 2 N–H and O–H groups in total. The monoisotopic (exact) mass is 295 g/mol. The third-order valence-corrected chi connectivity index (χ3v) is 3.16. The second-order valence-electron chi connectivity index (χ2n) is 4.20. The number of hydrogen-bond acceptors (Lipinski definition) is 4. The topological polar surface area (TPSA) is 71.7 Å². The molecule has 106 valence electrons. The Kier molecular flexibility index (Phi) is 4.20. The molecule has 0 bridgehead atoms. The van der Waals surface area contributed by atoms with E-state index in [4.69, 9.17) is 25.9 Å². The second kappa shape index (κ2) is 5.88. The van der Waals surface area contributed by atoms with Crippen molar-refractivity contribution in [3.05, 3.63) is 46.4 Å². The largest absolute Gasteiger partial charge is 0.495 e. The van der Waals surface area contributed by atoms with E-state index in [2.05, 4.69) is 5.32 Å². The average molecular weight is 296 g/mol. The molecule has 0 aliphatic carbocycles. The SMILES string of the molecule is COc1ccc(NCc2cc(C(=O)O)oc2C)cc1Cl. The highest BCUT2D eigenvalue weighted by atomic mass is 35.5. The maximum atomic E-state index is 10.8. The van der Waals surface area contributed by atoms with Crippen LogP contribution in [0.4, 0.5) is 5.69 Å². The summed E-state index contributed by atoms with van der Waals surface area (Å²) in [4.78, 5) is 10.8. The molecule has 2 rings (SSSR count). The zero-order chi connectivity index (χ0) is 14.7. The molecule has 5 nitrogen and oxygen atoms in total. The quantitative estimate of drug-likeness (QED) is 0.882. The number of carboxylic acids is 1. The average Bonchev–Trinajstić information content (AvgIpc) is 2.78.